The van der Waals surface area contributed by atoms with Crippen molar-refractivity contribution in [2.24, 2.45) is 11.0 Å². The predicted molar refractivity (Wildman–Crippen MR) is 151 cm³/mol. The average molecular weight is 529 g/mol. The van der Waals surface area contributed by atoms with Crippen LogP contribution in [0.5, 0.6) is 11.5 Å². The van der Waals surface area contributed by atoms with Crippen LogP contribution in [0.2, 0.25) is 0 Å². The molecule has 1 fully saturated rings. The van der Waals surface area contributed by atoms with Gasteiger partial charge < -0.3 is 24.6 Å². The molecule has 2 heterocycles. The number of hydrogen-bond donors (Lipinski definition) is 2. The number of nitrogens with one attached hydrogen (secondary N) is 2. The standard InChI is InChI=1S/C31H36N4O4/c1-3-22-17-25(20-36)35(19-21-8-6-9-24(16-21)33-31(37)27-12-7-15-32-27)34-30(22)23-13-14-28(38-2)29(18-23)39-26-10-4-5-11-26/h6-9,12-16,18,20,22,25-26,32H,3-5,10-11,17,19H2,1-2H3,(H,33,37). The number of aldehydes is 1. The third-order valence-electron chi connectivity index (χ3n) is 7.61. The second-order valence-electron chi connectivity index (χ2n) is 10.3. The highest BCUT2D eigenvalue weighted by atomic mass is 16.5. The minimum Gasteiger partial charge on any atom is -0.493 e. The summed E-state index contributed by atoms with van der Waals surface area (Å²) in [5.41, 5.74) is 4.06. The number of ether oxygens (including phenoxy) is 2. The molecular formula is C31H36N4O4. The summed E-state index contributed by atoms with van der Waals surface area (Å²) in [6, 6.07) is 16.8. The smallest absolute Gasteiger partial charge is 0.272 e. The van der Waals surface area contributed by atoms with Gasteiger partial charge in [0.25, 0.3) is 5.91 Å². The average Bonchev–Trinajstić information content (AvgIpc) is 3.68. The van der Waals surface area contributed by atoms with Crippen molar-refractivity contribution in [3.8, 4) is 11.5 Å². The number of rotatable bonds is 10. The Balaban J connectivity index is 1.40. The minimum atomic E-state index is -0.330. The number of nitrogens with zero attached hydrogens (tertiary/aromatic N) is 2. The summed E-state index contributed by atoms with van der Waals surface area (Å²) in [4.78, 5) is 27.5. The van der Waals surface area contributed by atoms with Gasteiger partial charge in [0.1, 0.15) is 18.0 Å². The molecule has 8 nitrogen and oxygen atoms in total. The number of benzene rings is 2. The number of hydrazone groups is 1. The molecule has 39 heavy (non-hydrogen) atoms. The van der Waals surface area contributed by atoms with Crippen LogP contribution in [0.3, 0.4) is 0 Å². The number of amides is 1. The predicted octanol–water partition coefficient (Wildman–Crippen LogP) is 5.80. The molecule has 0 bridgehead atoms. The van der Waals surface area contributed by atoms with Gasteiger partial charge in [-0.05, 0) is 86.6 Å². The molecule has 2 unspecified atom stereocenters. The number of methoxy groups -OCH3 is 1. The van der Waals surface area contributed by atoms with E-state index < -0.39 is 0 Å². The maximum atomic E-state index is 12.5. The highest BCUT2D eigenvalue weighted by Crippen LogP contribution is 2.35. The molecule has 0 radical (unpaired) electrons. The van der Waals surface area contributed by atoms with Crippen LogP contribution in [-0.4, -0.2) is 47.2 Å². The van der Waals surface area contributed by atoms with Gasteiger partial charge in [-0.2, -0.15) is 5.10 Å². The quantitative estimate of drug-likeness (QED) is 0.324. The Hall–Kier alpha value is -4.07. The highest BCUT2D eigenvalue weighted by Gasteiger charge is 2.31. The Morgan fingerprint density at radius 3 is 2.69 bits per heavy atom. The molecule has 5 rings (SSSR count). The fraction of sp³-hybridized carbons (Fsp3) is 0.387. The normalized spacial score (nSPS) is 19.4. The highest BCUT2D eigenvalue weighted by molar-refractivity contribution is 6.03. The van der Waals surface area contributed by atoms with Crippen molar-refractivity contribution in [3.05, 3.63) is 77.6 Å². The fourth-order valence-electron chi connectivity index (χ4n) is 5.47. The first-order valence-electron chi connectivity index (χ1n) is 13.8. The van der Waals surface area contributed by atoms with Crippen LogP contribution in [-0.2, 0) is 11.3 Å². The van der Waals surface area contributed by atoms with Crippen molar-refractivity contribution in [3.63, 3.8) is 0 Å². The molecule has 2 aromatic carbocycles. The number of aromatic nitrogens is 1. The number of carbonyl (C=O) groups is 2. The zero-order chi connectivity index (χ0) is 27.2. The van der Waals surface area contributed by atoms with Crippen LogP contribution >= 0.6 is 0 Å². The summed E-state index contributed by atoms with van der Waals surface area (Å²) >= 11 is 0. The second kappa shape index (κ2) is 12.2. The van der Waals surface area contributed by atoms with Crippen LogP contribution < -0.4 is 14.8 Å². The summed E-state index contributed by atoms with van der Waals surface area (Å²) in [6.45, 7) is 2.57. The van der Waals surface area contributed by atoms with Gasteiger partial charge in [-0.1, -0.05) is 19.1 Å². The van der Waals surface area contributed by atoms with Gasteiger partial charge in [0.15, 0.2) is 11.5 Å². The molecule has 2 N–H and O–H groups in total. The van der Waals surface area contributed by atoms with E-state index in [9.17, 15) is 9.59 Å². The molecule has 1 aromatic heterocycles. The molecule has 1 aliphatic heterocycles. The first kappa shape index (κ1) is 26.5. The lowest BCUT2D eigenvalue weighted by molar-refractivity contribution is -0.113. The number of anilines is 1. The number of H-pyrrole nitrogens is 1. The lowest BCUT2D eigenvalue weighted by atomic mass is 9.87. The van der Waals surface area contributed by atoms with E-state index in [-0.39, 0.29) is 24.0 Å². The lowest BCUT2D eigenvalue weighted by Gasteiger charge is -2.35. The maximum absolute atomic E-state index is 12.5. The Morgan fingerprint density at radius 2 is 1.97 bits per heavy atom. The summed E-state index contributed by atoms with van der Waals surface area (Å²) in [5.74, 6) is 1.41. The monoisotopic (exact) mass is 528 g/mol. The van der Waals surface area contributed by atoms with E-state index in [1.807, 2.05) is 47.5 Å². The van der Waals surface area contributed by atoms with Crippen molar-refractivity contribution >= 4 is 23.6 Å². The van der Waals surface area contributed by atoms with Gasteiger partial charge >= 0.3 is 0 Å². The Labute approximate surface area is 229 Å². The van der Waals surface area contributed by atoms with Gasteiger partial charge in [-0.3, -0.25) is 9.80 Å². The molecule has 1 amide bonds. The van der Waals surface area contributed by atoms with Crippen molar-refractivity contribution < 1.29 is 19.1 Å². The summed E-state index contributed by atoms with van der Waals surface area (Å²) in [6.07, 6.45) is 8.98. The fourth-order valence-corrected chi connectivity index (χ4v) is 5.47. The van der Waals surface area contributed by atoms with Gasteiger partial charge in [-0.15, -0.1) is 0 Å². The maximum Gasteiger partial charge on any atom is 0.272 e. The third kappa shape index (κ3) is 6.16. The first-order chi connectivity index (χ1) is 19.1. The lowest BCUT2D eigenvalue weighted by Crippen LogP contribution is -2.41. The largest absolute Gasteiger partial charge is 0.493 e. The van der Waals surface area contributed by atoms with E-state index >= 15 is 0 Å². The van der Waals surface area contributed by atoms with Crippen LogP contribution in [0, 0.1) is 5.92 Å². The molecule has 204 valence electrons. The molecule has 1 aliphatic carbocycles. The van der Waals surface area contributed by atoms with Crippen LogP contribution in [0.25, 0.3) is 0 Å². The van der Waals surface area contributed by atoms with Gasteiger partial charge in [0, 0.05) is 23.4 Å². The van der Waals surface area contributed by atoms with Crippen molar-refractivity contribution in [2.75, 3.05) is 12.4 Å². The van der Waals surface area contributed by atoms with E-state index in [1.54, 1.807) is 25.4 Å². The molecule has 8 heteroatoms. The zero-order valence-corrected chi connectivity index (χ0v) is 22.6. The first-order valence-corrected chi connectivity index (χ1v) is 13.8. The topological polar surface area (TPSA) is 96.0 Å². The van der Waals surface area contributed by atoms with E-state index in [1.165, 1.54) is 12.8 Å². The number of aromatic amines is 1. The third-order valence-corrected chi connectivity index (χ3v) is 7.61. The van der Waals surface area contributed by atoms with E-state index in [0.29, 0.717) is 24.3 Å². The summed E-state index contributed by atoms with van der Waals surface area (Å²) < 4.78 is 11.9. The molecule has 3 aromatic rings. The molecule has 1 saturated carbocycles. The second-order valence-corrected chi connectivity index (χ2v) is 10.3. The Bertz CT molecular complexity index is 1310. The molecular weight excluding hydrogens is 492 g/mol. The van der Waals surface area contributed by atoms with E-state index in [2.05, 4.69) is 17.2 Å². The van der Waals surface area contributed by atoms with Gasteiger partial charge in [0.2, 0.25) is 0 Å². The zero-order valence-electron chi connectivity index (χ0n) is 22.6. The van der Waals surface area contributed by atoms with Crippen LogP contribution in [0.15, 0.2) is 65.9 Å². The van der Waals surface area contributed by atoms with E-state index in [0.717, 1.165) is 53.9 Å². The van der Waals surface area contributed by atoms with Crippen molar-refractivity contribution in [2.45, 2.75) is 64.1 Å². The summed E-state index contributed by atoms with van der Waals surface area (Å²) in [7, 11) is 1.66. The molecule has 0 saturated heterocycles. The number of carbonyl (C=O) groups excluding carboxylic acids is 2. The molecule has 2 atom stereocenters. The van der Waals surface area contributed by atoms with E-state index in [4.69, 9.17) is 14.6 Å². The van der Waals surface area contributed by atoms with Crippen molar-refractivity contribution in [1.29, 1.82) is 0 Å². The summed E-state index contributed by atoms with van der Waals surface area (Å²) in [5, 5.41) is 9.83. The minimum absolute atomic E-state index is 0.149. The Kier molecular flexibility index (Phi) is 8.30. The molecule has 2 aliphatic rings. The Morgan fingerprint density at radius 1 is 1.13 bits per heavy atom. The van der Waals surface area contributed by atoms with Gasteiger partial charge in [-0.25, -0.2) is 0 Å². The van der Waals surface area contributed by atoms with Gasteiger partial charge in [0.05, 0.1) is 25.5 Å². The SMILES string of the molecule is CCC1CC(C=O)N(Cc2cccc(NC(=O)c3ccc[nH]3)c2)N=C1c1ccc(OC)c(OC2CCCC2)c1. The van der Waals surface area contributed by atoms with Crippen molar-refractivity contribution in [1.82, 2.24) is 9.99 Å². The van der Waals surface area contributed by atoms with Crippen LogP contribution in [0.1, 0.15) is 67.1 Å². The number of hydrogen-bond acceptors (Lipinski definition) is 6. The molecule has 0 spiro atoms. The van der Waals surface area contributed by atoms with Crippen LogP contribution in [0.4, 0.5) is 5.69 Å².